The predicted molar refractivity (Wildman–Crippen MR) is 69.8 cm³/mol. The Labute approximate surface area is 115 Å². The number of hydrogen-bond acceptors (Lipinski definition) is 5. The van der Waals surface area contributed by atoms with Gasteiger partial charge in [0, 0.05) is 19.7 Å². The van der Waals surface area contributed by atoms with Crippen LogP contribution in [-0.4, -0.2) is 42.9 Å². The van der Waals surface area contributed by atoms with E-state index >= 15 is 0 Å². The van der Waals surface area contributed by atoms with Gasteiger partial charge in [-0.3, -0.25) is 0 Å². The highest BCUT2D eigenvalue weighted by Crippen LogP contribution is 2.21. The Morgan fingerprint density at radius 2 is 1.85 bits per heavy atom. The zero-order chi connectivity index (χ0) is 14.9. The van der Waals surface area contributed by atoms with Gasteiger partial charge in [0.2, 0.25) is 15.9 Å². The molecule has 0 spiro atoms. The van der Waals surface area contributed by atoms with E-state index in [1.807, 2.05) is 0 Å². The number of carbonyl (C=O) groups is 1. The molecule has 0 amide bonds. The molecule has 0 aliphatic rings. The predicted octanol–water partition coefficient (Wildman–Crippen LogP) is 1.29. The van der Waals surface area contributed by atoms with E-state index in [1.54, 1.807) is 0 Å². The lowest BCUT2D eigenvalue weighted by molar-refractivity contribution is 0.0690. The van der Waals surface area contributed by atoms with Gasteiger partial charge in [-0.2, -0.15) is 0 Å². The van der Waals surface area contributed by atoms with Gasteiger partial charge in [-0.1, -0.05) is 0 Å². The molecule has 7 nitrogen and oxygen atoms in total. The first-order chi connectivity index (χ1) is 9.32. The van der Waals surface area contributed by atoms with Crippen LogP contribution in [0.2, 0.25) is 0 Å². The van der Waals surface area contributed by atoms with Crippen LogP contribution in [0.4, 0.5) is 0 Å². The van der Waals surface area contributed by atoms with Crippen molar-refractivity contribution in [1.29, 1.82) is 0 Å². The molecule has 2 aromatic rings. The number of nitrogens with zero attached hydrogens (tertiary/aromatic N) is 2. The van der Waals surface area contributed by atoms with Crippen LogP contribution in [0.3, 0.4) is 0 Å². The van der Waals surface area contributed by atoms with E-state index in [1.165, 1.54) is 38.4 Å². The minimum absolute atomic E-state index is 0.121. The highest BCUT2D eigenvalue weighted by atomic mass is 32.2. The zero-order valence-corrected chi connectivity index (χ0v) is 11.6. The number of hydrogen-bond donors (Lipinski definition) is 1. The van der Waals surface area contributed by atoms with Crippen LogP contribution < -0.4 is 0 Å². The third-order valence-corrected chi connectivity index (χ3v) is 4.43. The van der Waals surface area contributed by atoms with Gasteiger partial charge in [0.05, 0.1) is 4.90 Å². The molecule has 0 atom stereocenters. The lowest BCUT2D eigenvalue weighted by Gasteiger charge is -2.11. The molecular weight excluding hydrogens is 284 g/mol. The van der Waals surface area contributed by atoms with Gasteiger partial charge >= 0.3 is 5.97 Å². The number of rotatable bonds is 4. The molecule has 0 saturated heterocycles. The van der Waals surface area contributed by atoms with Gasteiger partial charge < -0.3 is 9.52 Å². The topological polar surface area (TPSA) is 101 Å². The minimum Gasteiger partial charge on any atom is -0.476 e. The SMILES string of the molecule is CN(C)S(=O)(=O)c1ccc(-c2nc(C(=O)O)co2)cc1. The molecule has 1 N–H and O–H groups in total. The van der Waals surface area contributed by atoms with Crippen LogP contribution in [0.1, 0.15) is 10.5 Å². The zero-order valence-electron chi connectivity index (χ0n) is 10.8. The van der Waals surface area contributed by atoms with Crippen molar-refractivity contribution in [1.82, 2.24) is 9.29 Å². The Hall–Kier alpha value is -2.19. The molecule has 20 heavy (non-hydrogen) atoms. The molecule has 0 saturated carbocycles. The van der Waals surface area contributed by atoms with Crippen LogP contribution in [0.5, 0.6) is 0 Å². The van der Waals surface area contributed by atoms with E-state index < -0.39 is 16.0 Å². The summed E-state index contributed by atoms with van der Waals surface area (Å²) in [5.74, 6) is -1.07. The first kappa shape index (κ1) is 14.2. The summed E-state index contributed by atoms with van der Waals surface area (Å²) >= 11 is 0. The summed E-state index contributed by atoms with van der Waals surface area (Å²) in [6.45, 7) is 0. The number of sulfonamides is 1. The summed E-state index contributed by atoms with van der Waals surface area (Å²) in [6, 6.07) is 5.84. The third kappa shape index (κ3) is 2.56. The van der Waals surface area contributed by atoms with E-state index in [0.717, 1.165) is 10.6 Å². The van der Waals surface area contributed by atoms with Gasteiger partial charge in [-0.15, -0.1) is 0 Å². The highest BCUT2D eigenvalue weighted by molar-refractivity contribution is 7.89. The van der Waals surface area contributed by atoms with E-state index in [9.17, 15) is 13.2 Å². The summed E-state index contributed by atoms with van der Waals surface area (Å²) in [4.78, 5) is 14.6. The molecule has 0 bridgehead atoms. The lowest BCUT2D eigenvalue weighted by Crippen LogP contribution is -2.22. The Bertz CT molecular complexity index is 731. The van der Waals surface area contributed by atoms with Crippen LogP contribution in [0.25, 0.3) is 11.5 Å². The fourth-order valence-corrected chi connectivity index (χ4v) is 2.39. The average Bonchev–Trinajstić information content (AvgIpc) is 2.88. The van der Waals surface area contributed by atoms with Crippen molar-refractivity contribution < 1.29 is 22.7 Å². The summed E-state index contributed by atoms with van der Waals surface area (Å²) in [7, 11) is -0.614. The summed E-state index contributed by atoms with van der Waals surface area (Å²) in [6.07, 6.45) is 1.03. The molecule has 0 aliphatic carbocycles. The summed E-state index contributed by atoms with van der Waals surface area (Å²) in [5.41, 5.74) is 0.292. The maximum absolute atomic E-state index is 11.9. The number of oxazole rings is 1. The number of aromatic carboxylic acids is 1. The molecule has 1 heterocycles. The van der Waals surface area contributed by atoms with Crippen molar-refractivity contribution in [3.8, 4) is 11.5 Å². The molecule has 0 aliphatic heterocycles. The first-order valence-electron chi connectivity index (χ1n) is 5.54. The van der Waals surface area contributed by atoms with Crippen molar-refractivity contribution in [2.75, 3.05) is 14.1 Å². The van der Waals surface area contributed by atoms with Gasteiger partial charge in [0.25, 0.3) is 0 Å². The number of carboxylic acid groups (broad SMARTS) is 1. The van der Waals surface area contributed by atoms with Crippen LogP contribution in [-0.2, 0) is 10.0 Å². The standard InChI is InChI=1S/C12H12N2O5S/c1-14(2)20(17,18)9-5-3-8(4-6-9)11-13-10(7-19-11)12(15)16/h3-7H,1-2H3,(H,15,16). The van der Waals surface area contributed by atoms with Gasteiger partial charge in [0.1, 0.15) is 6.26 Å². The molecular formula is C12H12N2O5S. The first-order valence-corrected chi connectivity index (χ1v) is 6.98. The Kier molecular flexibility index (Phi) is 3.60. The quantitative estimate of drug-likeness (QED) is 0.912. The Morgan fingerprint density at radius 3 is 2.30 bits per heavy atom. The maximum Gasteiger partial charge on any atom is 0.357 e. The largest absolute Gasteiger partial charge is 0.476 e. The summed E-state index contributed by atoms with van der Waals surface area (Å²) < 4.78 is 29.9. The van der Waals surface area contributed by atoms with Gasteiger partial charge in [-0.25, -0.2) is 22.5 Å². The highest BCUT2D eigenvalue weighted by Gasteiger charge is 2.18. The fraction of sp³-hybridized carbons (Fsp3) is 0.167. The van der Waals surface area contributed by atoms with Crippen molar-refractivity contribution >= 4 is 16.0 Å². The van der Waals surface area contributed by atoms with Crippen LogP contribution in [0, 0.1) is 0 Å². The fourth-order valence-electron chi connectivity index (χ4n) is 1.48. The average molecular weight is 296 g/mol. The minimum atomic E-state index is -3.50. The molecule has 106 valence electrons. The summed E-state index contributed by atoms with van der Waals surface area (Å²) in [5, 5.41) is 8.75. The molecule has 0 unspecified atom stereocenters. The van der Waals surface area contributed by atoms with Crippen LogP contribution in [0.15, 0.2) is 39.8 Å². The van der Waals surface area contributed by atoms with Crippen molar-refractivity contribution in [3.63, 3.8) is 0 Å². The normalized spacial score (nSPS) is 11.8. The number of carboxylic acids is 1. The molecule has 1 aromatic heterocycles. The lowest BCUT2D eigenvalue weighted by atomic mass is 10.2. The van der Waals surface area contributed by atoms with Crippen molar-refractivity contribution in [2.45, 2.75) is 4.90 Å². The third-order valence-electron chi connectivity index (χ3n) is 2.60. The monoisotopic (exact) mass is 296 g/mol. The van der Waals surface area contributed by atoms with E-state index in [4.69, 9.17) is 9.52 Å². The molecule has 1 aromatic carbocycles. The van der Waals surface area contributed by atoms with Crippen molar-refractivity contribution in [3.05, 3.63) is 36.2 Å². The second-order valence-corrected chi connectivity index (χ2v) is 6.31. The van der Waals surface area contributed by atoms with Crippen molar-refractivity contribution in [2.24, 2.45) is 0 Å². The molecule has 2 rings (SSSR count). The van der Waals surface area contributed by atoms with E-state index in [2.05, 4.69) is 4.98 Å². The smallest absolute Gasteiger partial charge is 0.357 e. The Morgan fingerprint density at radius 1 is 1.25 bits per heavy atom. The molecule has 8 heteroatoms. The van der Waals surface area contributed by atoms with Crippen LogP contribution >= 0.6 is 0 Å². The molecule has 0 fully saturated rings. The van der Waals surface area contributed by atoms with E-state index in [-0.39, 0.29) is 16.5 Å². The van der Waals surface area contributed by atoms with Gasteiger partial charge in [-0.05, 0) is 24.3 Å². The van der Waals surface area contributed by atoms with E-state index in [0.29, 0.717) is 5.56 Å². The second-order valence-electron chi connectivity index (χ2n) is 4.15. The number of aromatic nitrogens is 1. The number of benzene rings is 1. The molecule has 0 radical (unpaired) electrons. The van der Waals surface area contributed by atoms with Gasteiger partial charge in [0.15, 0.2) is 5.69 Å². The Balaban J connectivity index is 2.35. The second kappa shape index (κ2) is 5.06. The maximum atomic E-state index is 11.9.